The van der Waals surface area contributed by atoms with Gasteiger partial charge in [0, 0.05) is 44.3 Å². The zero-order valence-corrected chi connectivity index (χ0v) is 16.8. The Morgan fingerprint density at radius 2 is 1.67 bits per heavy atom. The third kappa shape index (κ3) is 3.50. The highest BCUT2D eigenvalue weighted by Gasteiger charge is 2.27. The Kier molecular flexibility index (Phi) is 4.84. The van der Waals surface area contributed by atoms with E-state index in [1.54, 1.807) is 29.4 Å². The lowest BCUT2D eigenvalue weighted by Gasteiger charge is -2.36. The number of thiazole rings is 1. The first-order chi connectivity index (χ1) is 14.7. The normalized spacial score (nSPS) is 14.3. The van der Waals surface area contributed by atoms with Crippen LogP contribution in [0.5, 0.6) is 0 Å². The molecule has 0 radical (unpaired) electrons. The van der Waals surface area contributed by atoms with Gasteiger partial charge in [-0.2, -0.15) is 0 Å². The molecule has 30 heavy (non-hydrogen) atoms. The Bertz CT molecular complexity index is 1170. The minimum Gasteiger partial charge on any atom is -0.368 e. The van der Waals surface area contributed by atoms with Crippen LogP contribution in [-0.4, -0.2) is 51.9 Å². The molecule has 0 N–H and O–H groups in total. The van der Waals surface area contributed by atoms with Gasteiger partial charge in [-0.1, -0.05) is 12.1 Å². The number of carbonyl (C=O) groups excluding carboxylic acids is 1. The first-order valence-corrected chi connectivity index (χ1v) is 10.5. The highest BCUT2D eigenvalue weighted by molar-refractivity contribution is 7.21. The lowest BCUT2D eigenvalue weighted by Crippen LogP contribution is -2.49. The summed E-state index contributed by atoms with van der Waals surface area (Å²) in [5, 5.41) is 0.692. The van der Waals surface area contributed by atoms with Crippen LogP contribution in [0.1, 0.15) is 10.5 Å². The number of piperazine rings is 1. The third-order valence-corrected chi connectivity index (χ3v) is 6.20. The number of rotatable bonds is 3. The van der Waals surface area contributed by atoms with E-state index in [9.17, 15) is 9.18 Å². The topological polar surface area (TPSA) is 62.2 Å². The third-order valence-electron chi connectivity index (χ3n) is 5.16. The number of amides is 1. The van der Waals surface area contributed by atoms with E-state index in [-0.39, 0.29) is 11.7 Å². The fourth-order valence-corrected chi connectivity index (χ4v) is 4.56. The van der Waals surface area contributed by atoms with Gasteiger partial charge in [0.2, 0.25) is 0 Å². The Labute approximate surface area is 176 Å². The van der Waals surface area contributed by atoms with Crippen LogP contribution in [0.3, 0.4) is 0 Å². The number of fused-ring (bicyclic) bond motifs is 1. The second-order valence-electron chi connectivity index (χ2n) is 7.00. The van der Waals surface area contributed by atoms with E-state index in [2.05, 4.69) is 19.9 Å². The van der Waals surface area contributed by atoms with Crippen molar-refractivity contribution in [2.45, 2.75) is 0 Å². The monoisotopic (exact) mass is 419 g/mol. The van der Waals surface area contributed by atoms with Crippen molar-refractivity contribution < 1.29 is 9.18 Å². The van der Waals surface area contributed by atoms with Crippen LogP contribution in [0.25, 0.3) is 20.9 Å². The molecule has 2 aromatic heterocycles. The second kappa shape index (κ2) is 7.79. The fourth-order valence-electron chi connectivity index (χ4n) is 3.59. The molecule has 0 aliphatic carbocycles. The van der Waals surface area contributed by atoms with Crippen LogP contribution < -0.4 is 4.90 Å². The smallest absolute Gasteiger partial charge is 0.274 e. The van der Waals surface area contributed by atoms with Gasteiger partial charge in [0.25, 0.3) is 5.91 Å². The van der Waals surface area contributed by atoms with Gasteiger partial charge < -0.3 is 9.80 Å². The predicted molar refractivity (Wildman–Crippen MR) is 115 cm³/mol. The summed E-state index contributed by atoms with van der Waals surface area (Å²) in [5.41, 5.74) is 2.68. The first kappa shape index (κ1) is 18.6. The Morgan fingerprint density at radius 3 is 2.43 bits per heavy atom. The maximum absolute atomic E-state index is 13.2. The molecular formula is C22H18FN5OS. The van der Waals surface area contributed by atoms with Crippen molar-refractivity contribution in [2.75, 3.05) is 31.1 Å². The molecule has 150 valence electrons. The maximum Gasteiger partial charge on any atom is 0.274 e. The molecule has 1 amide bonds. The number of aromatic nitrogens is 3. The molecule has 4 aromatic rings. The molecule has 0 bridgehead atoms. The van der Waals surface area contributed by atoms with Crippen LogP contribution in [-0.2, 0) is 0 Å². The molecule has 3 heterocycles. The zero-order chi connectivity index (χ0) is 20.5. The molecule has 1 aliphatic heterocycles. The van der Waals surface area contributed by atoms with Crippen molar-refractivity contribution in [2.24, 2.45) is 0 Å². The molecule has 0 unspecified atom stereocenters. The van der Waals surface area contributed by atoms with Crippen LogP contribution in [0.15, 0.2) is 60.9 Å². The van der Waals surface area contributed by atoms with Crippen molar-refractivity contribution in [3.63, 3.8) is 0 Å². The van der Waals surface area contributed by atoms with Gasteiger partial charge in [0.1, 0.15) is 16.5 Å². The predicted octanol–water partition coefficient (Wildman–Crippen LogP) is 3.85. The summed E-state index contributed by atoms with van der Waals surface area (Å²) < 4.78 is 14.2. The Morgan fingerprint density at radius 1 is 0.933 bits per heavy atom. The summed E-state index contributed by atoms with van der Waals surface area (Å²) in [6.45, 7) is 2.47. The van der Waals surface area contributed by atoms with E-state index in [0.29, 0.717) is 42.6 Å². The zero-order valence-electron chi connectivity index (χ0n) is 16.0. The van der Waals surface area contributed by atoms with E-state index < -0.39 is 0 Å². The van der Waals surface area contributed by atoms with Gasteiger partial charge >= 0.3 is 0 Å². The Balaban J connectivity index is 1.36. The van der Waals surface area contributed by atoms with E-state index >= 15 is 0 Å². The van der Waals surface area contributed by atoms with E-state index in [1.165, 1.54) is 23.5 Å². The lowest BCUT2D eigenvalue weighted by atomic mass is 10.2. The SMILES string of the molecule is O=C(c1nccnc1-c1nc2ccccc2s1)N1CCN(c2ccc(F)cc2)CC1. The molecule has 6 nitrogen and oxygen atoms in total. The van der Waals surface area contributed by atoms with Crippen LogP contribution in [0, 0.1) is 5.82 Å². The minimum absolute atomic E-state index is 0.142. The van der Waals surface area contributed by atoms with Crippen LogP contribution >= 0.6 is 11.3 Å². The van der Waals surface area contributed by atoms with Crippen molar-refractivity contribution in [1.82, 2.24) is 19.9 Å². The molecule has 5 rings (SSSR count). The van der Waals surface area contributed by atoms with Gasteiger partial charge in [-0.05, 0) is 36.4 Å². The van der Waals surface area contributed by atoms with Crippen molar-refractivity contribution in [3.05, 3.63) is 72.4 Å². The summed E-state index contributed by atoms with van der Waals surface area (Å²) in [6.07, 6.45) is 3.13. The quantitative estimate of drug-likeness (QED) is 0.505. The molecule has 0 saturated carbocycles. The van der Waals surface area contributed by atoms with Crippen molar-refractivity contribution >= 4 is 33.1 Å². The second-order valence-corrected chi connectivity index (χ2v) is 8.03. The highest BCUT2D eigenvalue weighted by Crippen LogP contribution is 2.30. The standard InChI is InChI=1S/C22H18FN5OS/c23-15-5-7-16(8-6-15)27-11-13-28(14-12-27)22(29)20-19(24-9-10-25-20)21-26-17-3-1-2-4-18(17)30-21/h1-10H,11-14H2. The number of anilines is 1. The number of carbonyl (C=O) groups is 1. The summed E-state index contributed by atoms with van der Waals surface area (Å²) in [6, 6.07) is 14.3. The molecule has 8 heteroatoms. The molecule has 1 fully saturated rings. The van der Waals surface area contributed by atoms with E-state index in [1.807, 2.05) is 24.3 Å². The molecule has 2 aromatic carbocycles. The van der Waals surface area contributed by atoms with Crippen molar-refractivity contribution in [1.29, 1.82) is 0 Å². The summed E-state index contributed by atoms with van der Waals surface area (Å²) in [4.78, 5) is 30.6. The maximum atomic E-state index is 13.2. The van der Waals surface area contributed by atoms with Gasteiger partial charge in [0.15, 0.2) is 5.69 Å². The molecule has 1 aliphatic rings. The molecule has 0 atom stereocenters. The highest BCUT2D eigenvalue weighted by atomic mass is 32.1. The molecular weight excluding hydrogens is 401 g/mol. The van der Waals surface area contributed by atoms with Crippen molar-refractivity contribution in [3.8, 4) is 10.7 Å². The van der Waals surface area contributed by atoms with E-state index in [0.717, 1.165) is 15.9 Å². The fraction of sp³-hybridized carbons (Fsp3) is 0.182. The summed E-state index contributed by atoms with van der Waals surface area (Å²) >= 11 is 1.50. The largest absolute Gasteiger partial charge is 0.368 e. The van der Waals surface area contributed by atoms with Gasteiger partial charge in [0.05, 0.1) is 10.2 Å². The average Bonchev–Trinajstić information content (AvgIpc) is 3.23. The van der Waals surface area contributed by atoms with Gasteiger partial charge in [-0.3, -0.25) is 4.79 Å². The van der Waals surface area contributed by atoms with Gasteiger partial charge in [-0.15, -0.1) is 11.3 Å². The van der Waals surface area contributed by atoms with E-state index in [4.69, 9.17) is 0 Å². The summed E-state index contributed by atoms with van der Waals surface area (Å²) in [7, 11) is 0. The minimum atomic E-state index is -0.252. The first-order valence-electron chi connectivity index (χ1n) is 9.66. The number of benzene rings is 2. The van der Waals surface area contributed by atoms with Crippen LogP contribution in [0.2, 0.25) is 0 Å². The average molecular weight is 419 g/mol. The lowest BCUT2D eigenvalue weighted by molar-refractivity contribution is 0.0741. The number of hydrogen-bond acceptors (Lipinski definition) is 6. The summed E-state index contributed by atoms with van der Waals surface area (Å²) in [5.74, 6) is -0.395. The number of hydrogen-bond donors (Lipinski definition) is 0. The molecule has 1 saturated heterocycles. The number of para-hydroxylation sites is 1. The molecule has 0 spiro atoms. The Hall–Kier alpha value is -3.39. The number of halogens is 1. The number of nitrogens with zero attached hydrogens (tertiary/aromatic N) is 5. The van der Waals surface area contributed by atoms with Crippen LogP contribution in [0.4, 0.5) is 10.1 Å². The van der Waals surface area contributed by atoms with Gasteiger partial charge in [-0.25, -0.2) is 19.3 Å².